The second kappa shape index (κ2) is 6.09. The van der Waals surface area contributed by atoms with Crippen LogP contribution in [0.2, 0.25) is 0 Å². The minimum atomic E-state index is 0.170. The van der Waals surface area contributed by atoms with Gasteiger partial charge in [-0.05, 0) is 52.4 Å². The first kappa shape index (κ1) is 12.5. The van der Waals surface area contributed by atoms with Crippen molar-refractivity contribution in [1.82, 2.24) is 10.2 Å². The Kier molecular flexibility index (Phi) is 5.07. The molecule has 1 aliphatic rings. The summed E-state index contributed by atoms with van der Waals surface area (Å²) in [6.45, 7) is 4.45. The predicted molar refractivity (Wildman–Crippen MR) is 62.5 cm³/mol. The van der Waals surface area contributed by atoms with E-state index in [0.29, 0.717) is 12.0 Å². The van der Waals surface area contributed by atoms with Gasteiger partial charge in [-0.2, -0.15) is 5.26 Å². The van der Waals surface area contributed by atoms with Crippen molar-refractivity contribution in [2.75, 3.05) is 27.2 Å². The van der Waals surface area contributed by atoms with E-state index in [1.54, 1.807) is 0 Å². The fourth-order valence-corrected chi connectivity index (χ4v) is 2.58. The van der Waals surface area contributed by atoms with Crippen molar-refractivity contribution in [2.45, 2.75) is 32.2 Å². The van der Waals surface area contributed by atoms with Crippen LogP contribution in [-0.2, 0) is 0 Å². The van der Waals surface area contributed by atoms with Gasteiger partial charge in [0.2, 0.25) is 0 Å². The molecule has 1 fully saturated rings. The number of hydrogen-bond acceptors (Lipinski definition) is 3. The summed E-state index contributed by atoms with van der Waals surface area (Å²) in [6.07, 6.45) is 3.40. The first-order valence-corrected chi connectivity index (χ1v) is 5.98. The van der Waals surface area contributed by atoms with Crippen molar-refractivity contribution in [3.8, 4) is 6.07 Å². The monoisotopic (exact) mass is 209 g/mol. The Morgan fingerprint density at radius 1 is 1.47 bits per heavy atom. The molecule has 2 atom stereocenters. The van der Waals surface area contributed by atoms with Crippen molar-refractivity contribution in [2.24, 2.45) is 11.8 Å². The summed E-state index contributed by atoms with van der Waals surface area (Å²) in [4.78, 5) is 2.37. The lowest BCUT2D eigenvalue weighted by Crippen LogP contribution is -2.44. The summed E-state index contributed by atoms with van der Waals surface area (Å²) in [5, 5.41) is 12.5. The van der Waals surface area contributed by atoms with Gasteiger partial charge in [0.05, 0.1) is 12.0 Å². The molecule has 0 saturated carbocycles. The van der Waals surface area contributed by atoms with Gasteiger partial charge in [0.1, 0.15) is 0 Å². The first-order chi connectivity index (χ1) is 7.22. The van der Waals surface area contributed by atoms with Gasteiger partial charge in [-0.15, -0.1) is 0 Å². The Bertz CT molecular complexity index is 213. The van der Waals surface area contributed by atoms with Gasteiger partial charge in [0.15, 0.2) is 0 Å². The molecule has 3 heteroatoms. The van der Waals surface area contributed by atoms with Crippen LogP contribution in [0, 0.1) is 23.2 Å². The molecule has 1 saturated heterocycles. The highest BCUT2D eigenvalue weighted by atomic mass is 15.1. The number of hydrogen-bond donors (Lipinski definition) is 1. The second-order valence-electron chi connectivity index (χ2n) is 4.60. The van der Waals surface area contributed by atoms with E-state index < -0.39 is 0 Å². The van der Waals surface area contributed by atoms with Crippen LogP contribution in [-0.4, -0.2) is 38.1 Å². The smallest absolute Gasteiger partial charge is 0.0672 e. The molecule has 0 aliphatic carbocycles. The van der Waals surface area contributed by atoms with Crippen LogP contribution in [0.3, 0.4) is 0 Å². The van der Waals surface area contributed by atoms with Crippen molar-refractivity contribution >= 4 is 0 Å². The van der Waals surface area contributed by atoms with E-state index in [-0.39, 0.29) is 5.92 Å². The largest absolute Gasteiger partial charge is 0.315 e. The molecular formula is C12H23N3. The lowest BCUT2D eigenvalue weighted by atomic mass is 9.82. The summed E-state index contributed by atoms with van der Waals surface area (Å²) in [6, 6.07) is 2.82. The van der Waals surface area contributed by atoms with Gasteiger partial charge < -0.3 is 10.2 Å². The molecule has 2 unspecified atom stereocenters. The summed E-state index contributed by atoms with van der Waals surface area (Å²) in [5.41, 5.74) is 0. The first-order valence-electron chi connectivity index (χ1n) is 5.98. The van der Waals surface area contributed by atoms with E-state index in [4.69, 9.17) is 5.26 Å². The molecule has 1 rings (SSSR count). The van der Waals surface area contributed by atoms with Gasteiger partial charge >= 0.3 is 0 Å². The molecule has 15 heavy (non-hydrogen) atoms. The van der Waals surface area contributed by atoms with Crippen LogP contribution >= 0.6 is 0 Å². The topological polar surface area (TPSA) is 39.1 Å². The number of rotatable bonds is 4. The molecule has 1 heterocycles. The highest BCUT2D eigenvalue weighted by Crippen LogP contribution is 2.25. The lowest BCUT2D eigenvalue weighted by Gasteiger charge is -2.35. The minimum Gasteiger partial charge on any atom is -0.315 e. The minimum absolute atomic E-state index is 0.170. The average Bonchev–Trinajstić information content (AvgIpc) is 2.27. The molecule has 1 N–H and O–H groups in total. The van der Waals surface area contributed by atoms with Crippen LogP contribution in [0.15, 0.2) is 0 Å². The molecule has 86 valence electrons. The molecule has 0 bridgehead atoms. The number of likely N-dealkylation sites (tertiary alicyclic amines) is 1. The van der Waals surface area contributed by atoms with Crippen LogP contribution in [0.5, 0.6) is 0 Å². The van der Waals surface area contributed by atoms with Crippen LogP contribution in [0.4, 0.5) is 0 Å². The fraction of sp³-hybridized carbons (Fsp3) is 0.917. The Labute approximate surface area is 93.5 Å². The van der Waals surface area contributed by atoms with E-state index >= 15 is 0 Å². The molecule has 0 aromatic heterocycles. The fourth-order valence-electron chi connectivity index (χ4n) is 2.58. The Balaban J connectivity index is 2.55. The van der Waals surface area contributed by atoms with Crippen molar-refractivity contribution < 1.29 is 0 Å². The van der Waals surface area contributed by atoms with Crippen molar-refractivity contribution in [1.29, 1.82) is 5.26 Å². The zero-order chi connectivity index (χ0) is 11.3. The summed E-state index contributed by atoms with van der Waals surface area (Å²) < 4.78 is 0. The van der Waals surface area contributed by atoms with Crippen molar-refractivity contribution in [3.63, 3.8) is 0 Å². The van der Waals surface area contributed by atoms with Gasteiger partial charge in [-0.25, -0.2) is 0 Å². The van der Waals surface area contributed by atoms with Crippen LogP contribution in [0.1, 0.15) is 26.2 Å². The number of nitrogens with zero attached hydrogens (tertiary/aromatic N) is 2. The third kappa shape index (κ3) is 3.19. The third-order valence-corrected chi connectivity index (χ3v) is 3.64. The SMILES string of the molecule is CCC(C#N)C(NC)C1CCN(C)CC1. The molecule has 0 amide bonds. The maximum absolute atomic E-state index is 9.11. The van der Waals surface area contributed by atoms with Gasteiger partial charge in [-0.1, -0.05) is 6.92 Å². The van der Waals surface area contributed by atoms with Crippen LogP contribution < -0.4 is 5.32 Å². The van der Waals surface area contributed by atoms with E-state index in [2.05, 4.69) is 30.3 Å². The Hall–Kier alpha value is -0.590. The molecule has 1 aliphatic heterocycles. The normalized spacial score (nSPS) is 23.3. The van der Waals surface area contributed by atoms with Crippen LogP contribution in [0.25, 0.3) is 0 Å². The zero-order valence-electron chi connectivity index (χ0n) is 10.2. The molecule has 3 nitrogen and oxygen atoms in total. The lowest BCUT2D eigenvalue weighted by molar-refractivity contribution is 0.169. The summed E-state index contributed by atoms with van der Waals surface area (Å²) >= 11 is 0. The predicted octanol–water partition coefficient (Wildman–Crippen LogP) is 1.47. The maximum Gasteiger partial charge on any atom is 0.0672 e. The molecule has 0 radical (unpaired) electrons. The highest BCUT2D eigenvalue weighted by Gasteiger charge is 2.29. The average molecular weight is 209 g/mol. The van der Waals surface area contributed by atoms with Crippen molar-refractivity contribution in [3.05, 3.63) is 0 Å². The molecule has 0 aromatic rings. The molecule has 0 aromatic carbocycles. The second-order valence-corrected chi connectivity index (χ2v) is 4.60. The van der Waals surface area contributed by atoms with Gasteiger partial charge in [0, 0.05) is 6.04 Å². The van der Waals surface area contributed by atoms with E-state index in [9.17, 15) is 0 Å². The Morgan fingerprint density at radius 2 is 2.07 bits per heavy atom. The zero-order valence-corrected chi connectivity index (χ0v) is 10.2. The summed E-state index contributed by atoms with van der Waals surface area (Å²) in [5.74, 6) is 0.846. The quantitative estimate of drug-likeness (QED) is 0.762. The van der Waals surface area contributed by atoms with Gasteiger partial charge in [0.25, 0.3) is 0 Å². The summed E-state index contributed by atoms with van der Waals surface area (Å²) in [7, 11) is 4.16. The number of nitriles is 1. The number of nitrogens with one attached hydrogen (secondary N) is 1. The molecular weight excluding hydrogens is 186 g/mol. The standard InChI is InChI=1S/C12H23N3/c1-4-10(9-13)12(14-2)11-5-7-15(3)8-6-11/h10-12,14H,4-8H2,1-3H3. The van der Waals surface area contributed by atoms with Gasteiger partial charge in [-0.3, -0.25) is 0 Å². The van der Waals surface area contributed by atoms with E-state index in [1.807, 2.05) is 7.05 Å². The van der Waals surface area contributed by atoms with E-state index in [1.165, 1.54) is 25.9 Å². The molecule has 0 spiro atoms. The maximum atomic E-state index is 9.11. The van der Waals surface area contributed by atoms with E-state index in [0.717, 1.165) is 6.42 Å². The highest BCUT2D eigenvalue weighted by molar-refractivity contribution is 4.95. The third-order valence-electron chi connectivity index (χ3n) is 3.64. The Morgan fingerprint density at radius 3 is 2.47 bits per heavy atom. The number of piperidine rings is 1.